The first-order chi connectivity index (χ1) is 8.69. The van der Waals surface area contributed by atoms with E-state index in [2.05, 4.69) is 0 Å². The summed E-state index contributed by atoms with van der Waals surface area (Å²) in [5, 5.41) is 17.5. The van der Waals surface area contributed by atoms with E-state index in [1.807, 2.05) is 36.4 Å². The number of hydrogen-bond acceptors (Lipinski definition) is 3. The van der Waals surface area contributed by atoms with Crippen molar-refractivity contribution in [3.63, 3.8) is 0 Å². The van der Waals surface area contributed by atoms with Crippen molar-refractivity contribution in [2.75, 3.05) is 0 Å². The molecule has 0 bridgehead atoms. The number of carboxylic acid groups (broad SMARTS) is 1. The Balaban J connectivity index is 0.000000492. The second-order valence-electron chi connectivity index (χ2n) is 3.28. The molecule has 0 spiro atoms. The lowest BCUT2D eigenvalue weighted by atomic mass is 10.1. The molecule has 0 atom stereocenters. The van der Waals surface area contributed by atoms with Crippen LogP contribution in [0.3, 0.4) is 0 Å². The molecule has 0 aliphatic carbocycles. The molecule has 0 heterocycles. The highest BCUT2D eigenvalue weighted by Gasteiger charge is 2.05. The van der Waals surface area contributed by atoms with E-state index in [9.17, 15) is 10.1 Å². The number of hydrogen-bond donors (Lipinski definition) is 1. The van der Waals surface area contributed by atoms with Crippen LogP contribution in [0.15, 0.2) is 54.6 Å². The lowest BCUT2D eigenvalue weighted by molar-refractivity contribution is -0.384. The number of rotatable bonds is 2. The molecule has 5 heteroatoms. The molecule has 0 saturated carbocycles. The van der Waals surface area contributed by atoms with Crippen LogP contribution in [-0.2, 0) is 4.79 Å². The maximum Gasteiger partial charge on any atom is 0.290 e. The molecule has 92 valence electrons. The van der Waals surface area contributed by atoms with E-state index in [4.69, 9.17) is 9.90 Å². The Kier molecular flexibility index (Phi) is 5.05. The molecule has 0 saturated heterocycles. The van der Waals surface area contributed by atoms with Gasteiger partial charge in [-0.15, -0.1) is 0 Å². The van der Waals surface area contributed by atoms with Crippen LogP contribution in [0.25, 0.3) is 11.1 Å². The fourth-order valence-corrected chi connectivity index (χ4v) is 1.43. The van der Waals surface area contributed by atoms with Crippen molar-refractivity contribution in [3.05, 3.63) is 64.7 Å². The van der Waals surface area contributed by atoms with Crippen molar-refractivity contribution in [3.8, 4) is 11.1 Å². The average molecular weight is 245 g/mol. The molecule has 1 N–H and O–H groups in total. The third kappa shape index (κ3) is 3.71. The van der Waals surface area contributed by atoms with Gasteiger partial charge in [0, 0.05) is 12.1 Å². The van der Waals surface area contributed by atoms with E-state index in [-0.39, 0.29) is 17.1 Å². The maximum absolute atomic E-state index is 10.6. The minimum absolute atomic E-state index is 0.122. The van der Waals surface area contributed by atoms with Gasteiger partial charge < -0.3 is 5.11 Å². The van der Waals surface area contributed by atoms with E-state index in [1.165, 1.54) is 6.07 Å². The van der Waals surface area contributed by atoms with Gasteiger partial charge in [0.1, 0.15) is 0 Å². The molecule has 0 amide bonds. The number of nitrogens with zero attached hydrogens (tertiary/aromatic N) is 1. The van der Waals surface area contributed by atoms with Crippen LogP contribution in [0.5, 0.6) is 0 Å². The molecule has 5 nitrogen and oxygen atoms in total. The Bertz CT molecular complexity index is 526. The molecular weight excluding hydrogens is 234 g/mol. The largest absolute Gasteiger partial charge is 0.483 e. The lowest BCUT2D eigenvalue weighted by Crippen LogP contribution is -1.87. The molecule has 18 heavy (non-hydrogen) atoms. The summed E-state index contributed by atoms with van der Waals surface area (Å²) < 4.78 is 0. The summed E-state index contributed by atoms with van der Waals surface area (Å²) in [6, 6.07) is 16.2. The summed E-state index contributed by atoms with van der Waals surface area (Å²) in [6.07, 6.45) is 0. The lowest BCUT2D eigenvalue weighted by Gasteiger charge is -2.00. The summed E-state index contributed by atoms with van der Waals surface area (Å²) in [6.45, 7) is -0.250. The highest BCUT2D eigenvalue weighted by molar-refractivity contribution is 5.65. The Morgan fingerprint density at radius 2 is 1.56 bits per heavy atom. The van der Waals surface area contributed by atoms with E-state index in [0.717, 1.165) is 11.1 Å². The zero-order valence-electron chi connectivity index (χ0n) is 9.39. The van der Waals surface area contributed by atoms with Crippen LogP contribution < -0.4 is 0 Å². The monoisotopic (exact) mass is 245 g/mol. The Morgan fingerprint density at radius 3 is 2.11 bits per heavy atom. The maximum atomic E-state index is 10.6. The number of carbonyl (C=O) groups is 1. The fourth-order valence-electron chi connectivity index (χ4n) is 1.43. The third-order valence-electron chi connectivity index (χ3n) is 2.16. The number of nitro groups is 1. The first kappa shape index (κ1) is 13.4. The highest BCUT2D eigenvalue weighted by Crippen LogP contribution is 2.23. The van der Waals surface area contributed by atoms with Crippen molar-refractivity contribution < 1.29 is 14.8 Å². The summed E-state index contributed by atoms with van der Waals surface area (Å²) in [5.74, 6) is 0. The second-order valence-corrected chi connectivity index (χ2v) is 3.28. The summed E-state index contributed by atoms with van der Waals surface area (Å²) in [7, 11) is 0. The number of benzene rings is 2. The molecule has 0 aliphatic rings. The van der Waals surface area contributed by atoms with Gasteiger partial charge in [-0.2, -0.15) is 0 Å². The first-order valence-electron chi connectivity index (χ1n) is 5.06. The van der Waals surface area contributed by atoms with Crippen molar-refractivity contribution in [2.45, 2.75) is 0 Å². The highest BCUT2D eigenvalue weighted by atomic mass is 16.6. The molecule has 0 fully saturated rings. The standard InChI is InChI=1S/C12H9NO2.CH2O2/c14-13(15)12-8-4-7-11(9-12)10-5-2-1-3-6-10;2-1-3/h1-9H;1H,(H,2,3). The van der Waals surface area contributed by atoms with Crippen molar-refractivity contribution in [2.24, 2.45) is 0 Å². The predicted octanol–water partition coefficient (Wildman–Crippen LogP) is 2.96. The zero-order valence-corrected chi connectivity index (χ0v) is 9.39. The number of nitro benzene ring substituents is 1. The minimum Gasteiger partial charge on any atom is -0.483 e. The van der Waals surface area contributed by atoms with Crippen LogP contribution in [0, 0.1) is 10.1 Å². The summed E-state index contributed by atoms with van der Waals surface area (Å²) in [4.78, 5) is 18.6. The van der Waals surface area contributed by atoms with E-state index in [1.54, 1.807) is 12.1 Å². The van der Waals surface area contributed by atoms with E-state index < -0.39 is 0 Å². The fraction of sp³-hybridized carbons (Fsp3) is 0. The number of non-ortho nitro benzene ring substituents is 1. The molecule has 2 aromatic carbocycles. The SMILES string of the molecule is O=CO.O=[N+]([O-])c1cccc(-c2ccccc2)c1. The molecule has 0 radical (unpaired) electrons. The smallest absolute Gasteiger partial charge is 0.290 e. The van der Waals surface area contributed by atoms with E-state index >= 15 is 0 Å². The summed E-state index contributed by atoms with van der Waals surface area (Å²) in [5.41, 5.74) is 1.97. The molecule has 2 aromatic rings. The van der Waals surface area contributed by atoms with Gasteiger partial charge in [0.25, 0.3) is 12.2 Å². The van der Waals surface area contributed by atoms with Crippen LogP contribution in [0.4, 0.5) is 5.69 Å². The summed E-state index contributed by atoms with van der Waals surface area (Å²) >= 11 is 0. The Morgan fingerprint density at radius 1 is 1.00 bits per heavy atom. The van der Waals surface area contributed by atoms with Gasteiger partial charge in [0.15, 0.2) is 0 Å². The predicted molar refractivity (Wildman–Crippen MR) is 67.2 cm³/mol. The van der Waals surface area contributed by atoms with Gasteiger partial charge >= 0.3 is 0 Å². The zero-order chi connectivity index (χ0) is 13.4. The minimum atomic E-state index is -0.382. The van der Waals surface area contributed by atoms with Crippen LogP contribution in [0.1, 0.15) is 0 Å². The quantitative estimate of drug-likeness (QED) is 0.501. The van der Waals surface area contributed by atoms with Gasteiger partial charge in [-0.25, -0.2) is 0 Å². The molecule has 2 rings (SSSR count). The van der Waals surface area contributed by atoms with Gasteiger partial charge in [-0.1, -0.05) is 42.5 Å². The van der Waals surface area contributed by atoms with Crippen molar-refractivity contribution in [1.29, 1.82) is 0 Å². The van der Waals surface area contributed by atoms with Crippen molar-refractivity contribution in [1.82, 2.24) is 0 Å². The van der Waals surface area contributed by atoms with Gasteiger partial charge in [-0.3, -0.25) is 14.9 Å². The van der Waals surface area contributed by atoms with Crippen LogP contribution >= 0.6 is 0 Å². The first-order valence-corrected chi connectivity index (χ1v) is 5.06. The second kappa shape index (κ2) is 6.80. The van der Waals surface area contributed by atoms with E-state index in [0.29, 0.717) is 0 Å². The van der Waals surface area contributed by atoms with Crippen molar-refractivity contribution >= 4 is 12.2 Å². The Hall–Kier alpha value is -2.69. The molecular formula is C13H11NO4. The Labute approximate surface area is 103 Å². The normalized spacial score (nSPS) is 8.89. The topological polar surface area (TPSA) is 80.4 Å². The third-order valence-corrected chi connectivity index (χ3v) is 2.16. The molecule has 0 unspecified atom stereocenters. The van der Waals surface area contributed by atoms with Gasteiger partial charge in [0.05, 0.1) is 4.92 Å². The van der Waals surface area contributed by atoms with Gasteiger partial charge in [-0.05, 0) is 11.1 Å². The van der Waals surface area contributed by atoms with Gasteiger partial charge in [0.2, 0.25) is 0 Å². The van der Waals surface area contributed by atoms with Crippen LogP contribution in [0.2, 0.25) is 0 Å². The average Bonchev–Trinajstić information content (AvgIpc) is 2.41. The molecule has 0 aromatic heterocycles. The molecule has 0 aliphatic heterocycles. The van der Waals surface area contributed by atoms with Crippen LogP contribution in [-0.4, -0.2) is 16.5 Å².